The topological polar surface area (TPSA) is 49.4 Å². The second-order valence-corrected chi connectivity index (χ2v) is 6.25. The molecule has 4 nitrogen and oxygen atoms in total. The van der Waals surface area contributed by atoms with Crippen molar-refractivity contribution >= 4 is 11.8 Å². The maximum atomic E-state index is 12.3. The van der Waals surface area contributed by atoms with Crippen molar-refractivity contribution in [1.82, 2.24) is 10.2 Å². The van der Waals surface area contributed by atoms with Crippen molar-refractivity contribution in [2.24, 2.45) is 5.92 Å². The van der Waals surface area contributed by atoms with Crippen molar-refractivity contribution in [2.75, 3.05) is 13.1 Å². The van der Waals surface area contributed by atoms with E-state index in [0.717, 1.165) is 51.6 Å². The number of amides is 2. The van der Waals surface area contributed by atoms with Crippen LogP contribution >= 0.6 is 0 Å². The third-order valence-electron chi connectivity index (χ3n) is 4.63. The van der Waals surface area contributed by atoms with Crippen LogP contribution in [0.4, 0.5) is 0 Å². The number of likely N-dealkylation sites (tertiary alicyclic amines) is 1. The summed E-state index contributed by atoms with van der Waals surface area (Å²) >= 11 is 0. The Morgan fingerprint density at radius 3 is 2.35 bits per heavy atom. The number of carbonyl (C=O) groups excluding carboxylic acids is 2. The number of nitrogens with zero attached hydrogens (tertiary/aromatic N) is 1. The van der Waals surface area contributed by atoms with Gasteiger partial charge in [-0.2, -0.15) is 0 Å². The van der Waals surface area contributed by atoms with Gasteiger partial charge >= 0.3 is 0 Å². The first-order valence-electron chi connectivity index (χ1n) is 8.29. The molecule has 1 N–H and O–H groups in total. The SMILES string of the molecule is CCCCC(=O)NC1CCN(C(=O)C2CCCC2)CC1. The van der Waals surface area contributed by atoms with E-state index in [0.29, 0.717) is 12.3 Å². The van der Waals surface area contributed by atoms with E-state index >= 15 is 0 Å². The first-order chi connectivity index (χ1) is 9.70. The van der Waals surface area contributed by atoms with Gasteiger partial charge in [0.15, 0.2) is 0 Å². The Bertz CT molecular complexity index is 329. The van der Waals surface area contributed by atoms with Crippen molar-refractivity contribution in [2.45, 2.75) is 70.8 Å². The van der Waals surface area contributed by atoms with E-state index in [1.807, 2.05) is 4.90 Å². The zero-order valence-electron chi connectivity index (χ0n) is 12.7. The smallest absolute Gasteiger partial charge is 0.225 e. The molecule has 0 aromatic carbocycles. The van der Waals surface area contributed by atoms with E-state index in [-0.39, 0.29) is 17.9 Å². The van der Waals surface area contributed by atoms with Crippen LogP contribution in [0.3, 0.4) is 0 Å². The predicted molar refractivity (Wildman–Crippen MR) is 79.2 cm³/mol. The Morgan fingerprint density at radius 1 is 1.10 bits per heavy atom. The molecule has 1 aliphatic carbocycles. The van der Waals surface area contributed by atoms with Crippen molar-refractivity contribution in [1.29, 1.82) is 0 Å². The number of nitrogens with one attached hydrogen (secondary N) is 1. The van der Waals surface area contributed by atoms with E-state index in [4.69, 9.17) is 0 Å². The lowest BCUT2D eigenvalue weighted by molar-refractivity contribution is -0.136. The normalized spacial score (nSPS) is 21.1. The fourth-order valence-corrected chi connectivity index (χ4v) is 3.31. The summed E-state index contributed by atoms with van der Waals surface area (Å²) in [6.07, 6.45) is 9.05. The van der Waals surface area contributed by atoms with Crippen molar-refractivity contribution in [3.63, 3.8) is 0 Å². The van der Waals surface area contributed by atoms with Crippen LogP contribution in [0.15, 0.2) is 0 Å². The zero-order chi connectivity index (χ0) is 14.4. The van der Waals surface area contributed by atoms with Gasteiger partial charge in [0.05, 0.1) is 0 Å². The van der Waals surface area contributed by atoms with Gasteiger partial charge in [-0.1, -0.05) is 26.2 Å². The van der Waals surface area contributed by atoms with Gasteiger partial charge in [0.25, 0.3) is 0 Å². The molecule has 1 saturated heterocycles. The molecule has 0 unspecified atom stereocenters. The molecule has 0 bridgehead atoms. The molecular weight excluding hydrogens is 252 g/mol. The van der Waals surface area contributed by atoms with Gasteiger partial charge in [0.2, 0.25) is 11.8 Å². The third kappa shape index (κ3) is 4.22. The highest BCUT2D eigenvalue weighted by Crippen LogP contribution is 2.27. The minimum absolute atomic E-state index is 0.174. The third-order valence-corrected chi connectivity index (χ3v) is 4.63. The maximum Gasteiger partial charge on any atom is 0.225 e. The van der Waals surface area contributed by atoms with E-state index in [9.17, 15) is 9.59 Å². The first kappa shape index (κ1) is 15.3. The van der Waals surface area contributed by atoms with Gasteiger partial charge < -0.3 is 10.2 Å². The zero-order valence-corrected chi connectivity index (χ0v) is 12.7. The number of rotatable bonds is 5. The minimum atomic E-state index is 0.174. The number of hydrogen-bond acceptors (Lipinski definition) is 2. The van der Waals surface area contributed by atoms with Crippen LogP contribution in [0.1, 0.15) is 64.7 Å². The molecule has 20 heavy (non-hydrogen) atoms. The van der Waals surface area contributed by atoms with Gasteiger partial charge in [0.1, 0.15) is 0 Å². The molecule has 2 amide bonds. The van der Waals surface area contributed by atoms with Crippen LogP contribution in [0.25, 0.3) is 0 Å². The van der Waals surface area contributed by atoms with Gasteiger partial charge in [-0.15, -0.1) is 0 Å². The van der Waals surface area contributed by atoms with Gasteiger partial charge in [-0.05, 0) is 32.1 Å². The molecule has 0 atom stereocenters. The highest BCUT2D eigenvalue weighted by molar-refractivity contribution is 5.79. The van der Waals surface area contributed by atoms with Crippen LogP contribution in [0.2, 0.25) is 0 Å². The van der Waals surface area contributed by atoms with Gasteiger partial charge in [-0.25, -0.2) is 0 Å². The van der Waals surface area contributed by atoms with Crippen LogP contribution in [-0.4, -0.2) is 35.8 Å². The highest BCUT2D eigenvalue weighted by atomic mass is 16.2. The summed E-state index contributed by atoms with van der Waals surface area (Å²) in [5, 5.41) is 3.11. The van der Waals surface area contributed by atoms with Crippen molar-refractivity contribution < 1.29 is 9.59 Å². The molecule has 0 spiro atoms. The second kappa shape index (κ2) is 7.65. The summed E-state index contributed by atoms with van der Waals surface area (Å²) in [6.45, 7) is 3.72. The number of hydrogen-bond donors (Lipinski definition) is 1. The van der Waals surface area contributed by atoms with E-state index < -0.39 is 0 Å². The average Bonchev–Trinajstić information content (AvgIpc) is 2.99. The Morgan fingerprint density at radius 2 is 1.75 bits per heavy atom. The van der Waals surface area contributed by atoms with Crippen molar-refractivity contribution in [3.8, 4) is 0 Å². The minimum Gasteiger partial charge on any atom is -0.353 e. The van der Waals surface area contributed by atoms with E-state index in [2.05, 4.69) is 12.2 Å². The first-order valence-corrected chi connectivity index (χ1v) is 8.29. The molecule has 1 heterocycles. The summed E-state index contributed by atoms with van der Waals surface area (Å²) in [4.78, 5) is 26.0. The Balaban J connectivity index is 1.69. The summed E-state index contributed by atoms with van der Waals surface area (Å²) < 4.78 is 0. The van der Waals surface area contributed by atoms with Gasteiger partial charge in [0, 0.05) is 31.5 Å². The monoisotopic (exact) mass is 280 g/mol. The summed E-state index contributed by atoms with van der Waals surface area (Å²) in [5.41, 5.74) is 0. The van der Waals surface area contributed by atoms with Crippen molar-refractivity contribution in [3.05, 3.63) is 0 Å². The lowest BCUT2D eigenvalue weighted by Gasteiger charge is -2.34. The van der Waals surface area contributed by atoms with Crippen LogP contribution in [0.5, 0.6) is 0 Å². The van der Waals surface area contributed by atoms with Crippen LogP contribution < -0.4 is 5.32 Å². The Labute approximate surface area is 122 Å². The van der Waals surface area contributed by atoms with Gasteiger partial charge in [-0.3, -0.25) is 9.59 Å². The summed E-state index contributed by atoms with van der Waals surface area (Å²) in [6, 6.07) is 0.270. The largest absolute Gasteiger partial charge is 0.353 e. The van der Waals surface area contributed by atoms with Crippen LogP contribution in [-0.2, 0) is 9.59 Å². The predicted octanol–water partition coefficient (Wildman–Crippen LogP) is 2.47. The lowest BCUT2D eigenvalue weighted by Crippen LogP contribution is -2.47. The second-order valence-electron chi connectivity index (χ2n) is 6.25. The lowest BCUT2D eigenvalue weighted by atomic mass is 10.0. The molecule has 1 saturated carbocycles. The quantitative estimate of drug-likeness (QED) is 0.841. The molecule has 1 aliphatic heterocycles. The summed E-state index contributed by atoms with van der Waals surface area (Å²) in [5.74, 6) is 0.816. The Kier molecular flexibility index (Phi) is 5.86. The molecule has 0 radical (unpaired) electrons. The molecule has 114 valence electrons. The van der Waals surface area contributed by atoms with E-state index in [1.54, 1.807) is 0 Å². The molecule has 2 aliphatic rings. The average molecular weight is 280 g/mol. The summed E-state index contributed by atoms with van der Waals surface area (Å²) in [7, 11) is 0. The highest BCUT2D eigenvalue weighted by Gasteiger charge is 2.30. The maximum absolute atomic E-state index is 12.3. The van der Waals surface area contributed by atoms with Crippen LogP contribution in [0, 0.1) is 5.92 Å². The molecular formula is C16H28N2O2. The molecule has 0 aromatic rings. The number of piperidine rings is 1. The number of carbonyl (C=O) groups is 2. The molecule has 2 rings (SSSR count). The Hall–Kier alpha value is -1.06. The standard InChI is InChI=1S/C16H28N2O2/c1-2-3-8-15(19)17-14-9-11-18(12-10-14)16(20)13-6-4-5-7-13/h13-14H,2-12H2,1H3,(H,17,19). The van der Waals surface area contributed by atoms with E-state index in [1.165, 1.54) is 12.8 Å². The fraction of sp³-hybridized carbons (Fsp3) is 0.875. The molecule has 4 heteroatoms. The fourth-order valence-electron chi connectivity index (χ4n) is 3.31. The molecule has 0 aromatic heterocycles. The number of unbranched alkanes of at least 4 members (excludes halogenated alkanes) is 1. The molecule has 2 fully saturated rings.